The molecule has 1 saturated heterocycles. The second-order valence-corrected chi connectivity index (χ2v) is 5.55. The fourth-order valence-electron chi connectivity index (χ4n) is 3.57. The standard InChI is InChI=1S/C16H23NO/c1-18-16-7-6-13(12-8-10-17-11-9-12)14-4-2-3-5-15(14)16/h6-7,12,17H,2-5,8-11H2,1H3. The first-order valence-electron chi connectivity index (χ1n) is 7.29. The lowest BCUT2D eigenvalue weighted by Crippen LogP contribution is -2.27. The third kappa shape index (κ3) is 2.14. The van der Waals surface area contributed by atoms with Crippen LogP contribution in [0.3, 0.4) is 0 Å². The Morgan fingerprint density at radius 2 is 1.78 bits per heavy atom. The van der Waals surface area contributed by atoms with Gasteiger partial charge in [-0.05, 0) is 80.3 Å². The van der Waals surface area contributed by atoms with E-state index in [1.165, 1.54) is 57.2 Å². The van der Waals surface area contributed by atoms with Crippen LogP contribution in [0.5, 0.6) is 5.75 Å². The van der Waals surface area contributed by atoms with Crippen molar-refractivity contribution in [3.63, 3.8) is 0 Å². The Morgan fingerprint density at radius 3 is 2.50 bits per heavy atom. The van der Waals surface area contributed by atoms with E-state index in [9.17, 15) is 0 Å². The second-order valence-electron chi connectivity index (χ2n) is 5.55. The Labute approximate surface area is 110 Å². The van der Waals surface area contributed by atoms with Crippen LogP contribution >= 0.6 is 0 Å². The molecule has 0 amide bonds. The molecular weight excluding hydrogens is 222 g/mol. The SMILES string of the molecule is COc1ccc(C2CCNCC2)c2c1CCCC2. The Hall–Kier alpha value is -1.02. The van der Waals surface area contributed by atoms with E-state index >= 15 is 0 Å². The van der Waals surface area contributed by atoms with Gasteiger partial charge in [0.15, 0.2) is 0 Å². The van der Waals surface area contributed by atoms with Crippen molar-refractivity contribution in [1.82, 2.24) is 5.32 Å². The summed E-state index contributed by atoms with van der Waals surface area (Å²) in [6, 6.07) is 4.53. The van der Waals surface area contributed by atoms with Crippen LogP contribution in [-0.4, -0.2) is 20.2 Å². The van der Waals surface area contributed by atoms with Gasteiger partial charge in [-0.25, -0.2) is 0 Å². The zero-order chi connectivity index (χ0) is 12.4. The average molecular weight is 245 g/mol. The van der Waals surface area contributed by atoms with Crippen molar-refractivity contribution in [3.05, 3.63) is 28.8 Å². The number of fused-ring (bicyclic) bond motifs is 1. The molecule has 0 saturated carbocycles. The number of piperidine rings is 1. The van der Waals surface area contributed by atoms with Gasteiger partial charge in [0.2, 0.25) is 0 Å². The van der Waals surface area contributed by atoms with E-state index in [2.05, 4.69) is 17.4 Å². The van der Waals surface area contributed by atoms with E-state index in [0.717, 1.165) is 11.7 Å². The monoisotopic (exact) mass is 245 g/mol. The van der Waals surface area contributed by atoms with E-state index in [1.807, 2.05) is 0 Å². The predicted molar refractivity (Wildman–Crippen MR) is 74.5 cm³/mol. The van der Waals surface area contributed by atoms with E-state index in [1.54, 1.807) is 18.2 Å². The van der Waals surface area contributed by atoms with E-state index in [4.69, 9.17) is 4.74 Å². The van der Waals surface area contributed by atoms with Crippen molar-refractivity contribution in [2.24, 2.45) is 0 Å². The summed E-state index contributed by atoms with van der Waals surface area (Å²) >= 11 is 0. The minimum absolute atomic E-state index is 0.768. The van der Waals surface area contributed by atoms with Gasteiger partial charge in [0.05, 0.1) is 7.11 Å². The summed E-state index contributed by atoms with van der Waals surface area (Å²) in [5, 5.41) is 3.46. The molecule has 1 aliphatic carbocycles. The normalized spacial score (nSPS) is 20.5. The fraction of sp³-hybridized carbons (Fsp3) is 0.625. The molecule has 1 aromatic rings. The molecule has 1 heterocycles. The zero-order valence-corrected chi connectivity index (χ0v) is 11.3. The first-order valence-corrected chi connectivity index (χ1v) is 7.29. The number of nitrogens with one attached hydrogen (secondary N) is 1. The highest BCUT2D eigenvalue weighted by Crippen LogP contribution is 2.37. The lowest BCUT2D eigenvalue weighted by molar-refractivity contribution is 0.404. The van der Waals surface area contributed by atoms with Crippen LogP contribution in [0, 0.1) is 0 Å². The number of benzene rings is 1. The van der Waals surface area contributed by atoms with Crippen molar-refractivity contribution in [2.45, 2.75) is 44.4 Å². The Kier molecular flexibility index (Phi) is 3.55. The highest BCUT2D eigenvalue weighted by atomic mass is 16.5. The molecule has 1 N–H and O–H groups in total. The van der Waals surface area contributed by atoms with Crippen LogP contribution in [0.25, 0.3) is 0 Å². The second kappa shape index (κ2) is 5.31. The lowest BCUT2D eigenvalue weighted by Gasteiger charge is -2.29. The number of hydrogen-bond donors (Lipinski definition) is 1. The molecule has 1 aliphatic heterocycles. The van der Waals surface area contributed by atoms with E-state index in [0.29, 0.717) is 0 Å². The summed E-state index contributed by atoms with van der Waals surface area (Å²) in [6.07, 6.45) is 7.71. The van der Waals surface area contributed by atoms with Gasteiger partial charge in [-0.2, -0.15) is 0 Å². The van der Waals surface area contributed by atoms with Crippen LogP contribution < -0.4 is 10.1 Å². The van der Waals surface area contributed by atoms with Gasteiger partial charge in [0.1, 0.15) is 5.75 Å². The van der Waals surface area contributed by atoms with Crippen molar-refractivity contribution in [1.29, 1.82) is 0 Å². The van der Waals surface area contributed by atoms with Gasteiger partial charge in [0, 0.05) is 0 Å². The zero-order valence-electron chi connectivity index (χ0n) is 11.3. The topological polar surface area (TPSA) is 21.3 Å². The fourth-order valence-corrected chi connectivity index (χ4v) is 3.57. The molecule has 1 aromatic carbocycles. The van der Waals surface area contributed by atoms with Gasteiger partial charge in [-0.1, -0.05) is 6.07 Å². The molecule has 0 unspecified atom stereocenters. The minimum Gasteiger partial charge on any atom is -0.496 e. The summed E-state index contributed by atoms with van der Waals surface area (Å²) in [5.74, 6) is 1.88. The quantitative estimate of drug-likeness (QED) is 0.864. The van der Waals surface area contributed by atoms with Gasteiger partial charge >= 0.3 is 0 Å². The Balaban J connectivity index is 1.98. The largest absolute Gasteiger partial charge is 0.496 e. The molecule has 0 atom stereocenters. The number of rotatable bonds is 2. The van der Waals surface area contributed by atoms with Gasteiger partial charge in [-0.3, -0.25) is 0 Å². The maximum absolute atomic E-state index is 5.54. The third-order valence-corrected chi connectivity index (χ3v) is 4.53. The smallest absolute Gasteiger partial charge is 0.122 e. The Morgan fingerprint density at radius 1 is 1.06 bits per heavy atom. The third-order valence-electron chi connectivity index (χ3n) is 4.53. The van der Waals surface area contributed by atoms with Crippen LogP contribution in [0.1, 0.15) is 48.3 Å². The molecule has 3 rings (SSSR count). The number of hydrogen-bond acceptors (Lipinski definition) is 2. The summed E-state index contributed by atoms with van der Waals surface area (Å²) in [7, 11) is 1.80. The summed E-state index contributed by atoms with van der Waals surface area (Å²) in [6.45, 7) is 2.34. The van der Waals surface area contributed by atoms with Crippen molar-refractivity contribution < 1.29 is 4.74 Å². The van der Waals surface area contributed by atoms with Crippen molar-refractivity contribution >= 4 is 0 Å². The highest BCUT2D eigenvalue weighted by molar-refractivity contribution is 5.48. The predicted octanol–water partition coefficient (Wildman–Crippen LogP) is 3.04. The molecule has 2 heteroatoms. The highest BCUT2D eigenvalue weighted by Gasteiger charge is 2.23. The average Bonchev–Trinajstić information content (AvgIpc) is 2.47. The van der Waals surface area contributed by atoms with E-state index < -0.39 is 0 Å². The van der Waals surface area contributed by atoms with Crippen LogP contribution in [0.15, 0.2) is 12.1 Å². The first-order chi connectivity index (χ1) is 8.90. The molecule has 98 valence electrons. The number of methoxy groups -OCH3 is 1. The van der Waals surface area contributed by atoms with E-state index in [-0.39, 0.29) is 0 Å². The molecule has 1 fully saturated rings. The summed E-state index contributed by atoms with van der Waals surface area (Å²) in [5.41, 5.74) is 4.74. The van der Waals surface area contributed by atoms with Gasteiger partial charge in [-0.15, -0.1) is 0 Å². The number of ether oxygens (including phenoxy) is 1. The molecule has 2 aliphatic rings. The maximum atomic E-state index is 5.54. The molecule has 0 spiro atoms. The Bertz CT molecular complexity index is 421. The lowest BCUT2D eigenvalue weighted by atomic mass is 9.80. The van der Waals surface area contributed by atoms with Crippen molar-refractivity contribution in [3.8, 4) is 5.75 Å². The summed E-state index contributed by atoms with van der Waals surface area (Å²) in [4.78, 5) is 0. The van der Waals surface area contributed by atoms with Gasteiger partial charge < -0.3 is 10.1 Å². The molecular formula is C16H23NO. The molecule has 0 bridgehead atoms. The van der Waals surface area contributed by atoms with Crippen LogP contribution in [0.4, 0.5) is 0 Å². The van der Waals surface area contributed by atoms with Crippen LogP contribution in [0.2, 0.25) is 0 Å². The molecule has 18 heavy (non-hydrogen) atoms. The molecule has 0 aromatic heterocycles. The minimum atomic E-state index is 0.768. The maximum Gasteiger partial charge on any atom is 0.122 e. The summed E-state index contributed by atoms with van der Waals surface area (Å²) < 4.78 is 5.54. The molecule has 0 radical (unpaired) electrons. The van der Waals surface area contributed by atoms with Crippen LogP contribution in [-0.2, 0) is 12.8 Å². The molecule has 2 nitrogen and oxygen atoms in total. The first kappa shape index (κ1) is 12.0. The van der Waals surface area contributed by atoms with Gasteiger partial charge in [0.25, 0.3) is 0 Å². The van der Waals surface area contributed by atoms with Crippen molar-refractivity contribution in [2.75, 3.05) is 20.2 Å².